The lowest BCUT2D eigenvalue weighted by atomic mass is 10.1. The number of nitrogens with zero attached hydrogens (tertiary/aromatic N) is 1. The molecule has 1 N–H and O–H groups in total. The molecule has 0 aromatic heterocycles. The van der Waals surface area contributed by atoms with Crippen LogP contribution >= 0.6 is 0 Å². The van der Waals surface area contributed by atoms with Crippen LogP contribution in [0.5, 0.6) is 5.75 Å². The number of carbonyl (C=O) groups excluding carboxylic acids is 1. The van der Waals surface area contributed by atoms with E-state index in [1.165, 1.54) is 4.31 Å². The first-order chi connectivity index (χ1) is 12.8. The van der Waals surface area contributed by atoms with E-state index in [1.807, 2.05) is 43.3 Å². The fourth-order valence-electron chi connectivity index (χ4n) is 2.75. The van der Waals surface area contributed by atoms with Gasteiger partial charge in [-0.25, -0.2) is 8.42 Å². The molecule has 2 aromatic rings. The third kappa shape index (κ3) is 5.99. The number of nitrogens with one attached hydrogen (secondary N) is 1. The Morgan fingerprint density at radius 1 is 1.11 bits per heavy atom. The van der Waals surface area contributed by atoms with Crippen LogP contribution in [0.25, 0.3) is 0 Å². The van der Waals surface area contributed by atoms with E-state index in [0.717, 1.165) is 23.1 Å². The maximum absolute atomic E-state index is 12.2. The molecular formula is C20H26N2O4S. The first-order valence-electron chi connectivity index (χ1n) is 8.80. The zero-order valence-electron chi connectivity index (χ0n) is 15.9. The van der Waals surface area contributed by atoms with Crippen LogP contribution in [0, 0.1) is 0 Å². The molecule has 0 atom stereocenters. The quantitative estimate of drug-likeness (QED) is 0.714. The average Bonchev–Trinajstić information content (AvgIpc) is 2.66. The lowest BCUT2D eigenvalue weighted by Crippen LogP contribution is -2.35. The number of para-hydroxylation sites is 1. The molecule has 0 spiro atoms. The largest absolute Gasteiger partial charge is 0.497 e. The van der Waals surface area contributed by atoms with Crippen LogP contribution in [0.2, 0.25) is 0 Å². The highest BCUT2D eigenvalue weighted by Gasteiger charge is 2.20. The normalized spacial score (nSPS) is 11.1. The van der Waals surface area contributed by atoms with E-state index in [0.29, 0.717) is 18.7 Å². The molecule has 0 radical (unpaired) electrons. The first-order valence-corrected chi connectivity index (χ1v) is 10.6. The number of amides is 1. The monoisotopic (exact) mass is 390 g/mol. The molecule has 0 saturated heterocycles. The van der Waals surface area contributed by atoms with E-state index in [2.05, 4.69) is 5.32 Å². The molecule has 0 unspecified atom stereocenters. The number of benzene rings is 2. The zero-order valence-corrected chi connectivity index (χ0v) is 16.8. The van der Waals surface area contributed by atoms with Crippen LogP contribution in [0.3, 0.4) is 0 Å². The van der Waals surface area contributed by atoms with Gasteiger partial charge in [0.15, 0.2) is 0 Å². The molecule has 146 valence electrons. The standard InChI is InChI=1S/C20H26N2O4S/c1-4-17-7-5-6-8-19(17)22(27(3,24)25)14-13-20(23)21-15-16-9-11-18(26-2)12-10-16/h5-12H,4,13-15H2,1-3H3,(H,21,23). The Hall–Kier alpha value is -2.54. The van der Waals surface area contributed by atoms with E-state index >= 15 is 0 Å². The number of anilines is 1. The van der Waals surface area contributed by atoms with Gasteiger partial charge in [-0.2, -0.15) is 0 Å². The first kappa shape index (κ1) is 20.8. The molecule has 0 heterocycles. The SMILES string of the molecule is CCc1ccccc1N(CCC(=O)NCc1ccc(OC)cc1)S(C)(=O)=O. The van der Waals surface area contributed by atoms with E-state index in [1.54, 1.807) is 19.2 Å². The van der Waals surface area contributed by atoms with Gasteiger partial charge in [-0.15, -0.1) is 0 Å². The second kappa shape index (κ2) is 9.41. The number of aryl methyl sites for hydroxylation is 1. The highest BCUT2D eigenvalue weighted by molar-refractivity contribution is 7.92. The Morgan fingerprint density at radius 3 is 2.37 bits per heavy atom. The topological polar surface area (TPSA) is 75.7 Å². The van der Waals surface area contributed by atoms with Crippen molar-refractivity contribution in [3.63, 3.8) is 0 Å². The summed E-state index contributed by atoms with van der Waals surface area (Å²) in [6, 6.07) is 14.8. The van der Waals surface area contributed by atoms with Gasteiger partial charge in [-0.1, -0.05) is 37.3 Å². The Labute approximate surface area is 161 Å². The lowest BCUT2D eigenvalue weighted by Gasteiger charge is -2.24. The second-order valence-corrected chi connectivity index (χ2v) is 8.10. The lowest BCUT2D eigenvalue weighted by molar-refractivity contribution is -0.121. The molecular weight excluding hydrogens is 364 g/mol. The molecule has 6 nitrogen and oxygen atoms in total. The molecule has 0 aliphatic rings. The van der Waals surface area contributed by atoms with Crippen LogP contribution in [-0.4, -0.2) is 34.2 Å². The van der Waals surface area contributed by atoms with Crippen molar-refractivity contribution in [1.82, 2.24) is 5.32 Å². The average molecular weight is 391 g/mol. The Balaban J connectivity index is 1.99. The summed E-state index contributed by atoms with van der Waals surface area (Å²) in [5.41, 5.74) is 2.51. The van der Waals surface area contributed by atoms with Crippen molar-refractivity contribution in [2.24, 2.45) is 0 Å². The van der Waals surface area contributed by atoms with Gasteiger partial charge in [0, 0.05) is 19.5 Å². The molecule has 0 aliphatic carbocycles. The van der Waals surface area contributed by atoms with Crippen LogP contribution in [0.1, 0.15) is 24.5 Å². The number of carbonyl (C=O) groups is 1. The van der Waals surface area contributed by atoms with E-state index < -0.39 is 10.0 Å². The van der Waals surface area contributed by atoms with Crippen LogP contribution in [-0.2, 0) is 27.8 Å². The van der Waals surface area contributed by atoms with E-state index in [9.17, 15) is 13.2 Å². The number of hydrogen-bond acceptors (Lipinski definition) is 4. The van der Waals surface area contributed by atoms with Crippen molar-refractivity contribution in [2.45, 2.75) is 26.3 Å². The highest BCUT2D eigenvalue weighted by Crippen LogP contribution is 2.23. The highest BCUT2D eigenvalue weighted by atomic mass is 32.2. The summed E-state index contributed by atoms with van der Waals surface area (Å²) in [5, 5.41) is 2.82. The van der Waals surface area contributed by atoms with Crippen molar-refractivity contribution in [1.29, 1.82) is 0 Å². The maximum atomic E-state index is 12.2. The summed E-state index contributed by atoms with van der Waals surface area (Å²) >= 11 is 0. The van der Waals surface area contributed by atoms with Crippen LogP contribution < -0.4 is 14.4 Å². The summed E-state index contributed by atoms with van der Waals surface area (Å²) in [5.74, 6) is 0.553. The molecule has 7 heteroatoms. The summed E-state index contributed by atoms with van der Waals surface area (Å²) in [4.78, 5) is 12.2. The molecule has 2 rings (SSSR count). The maximum Gasteiger partial charge on any atom is 0.232 e. The van der Waals surface area contributed by atoms with Gasteiger partial charge >= 0.3 is 0 Å². The number of hydrogen-bond donors (Lipinski definition) is 1. The molecule has 0 fully saturated rings. The summed E-state index contributed by atoms with van der Waals surface area (Å²) in [6.45, 7) is 2.46. The van der Waals surface area contributed by atoms with Gasteiger partial charge in [-0.05, 0) is 35.7 Å². The van der Waals surface area contributed by atoms with E-state index in [4.69, 9.17) is 4.74 Å². The second-order valence-electron chi connectivity index (χ2n) is 6.19. The number of ether oxygens (including phenoxy) is 1. The number of methoxy groups -OCH3 is 1. The third-order valence-corrected chi connectivity index (χ3v) is 5.41. The molecule has 2 aromatic carbocycles. The molecule has 0 bridgehead atoms. The third-order valence-electron chi connectivity index (χ3n) is 4.23. The predicted octanol–water partition coefficient (Wildman–Crippen LogP) is 2.73. The zero-order chi connectivity index (χ0) is 19.9. The predicted molar refractivity (Wildman–Crippen MR) is 107 cm³/mol. The van der Waals surface area contributed by atoms with Gasteiger partial charge in [-0.3, -0.25) is 9.10 Å². The van der Waals surface area contributed by atoms with Crippen LogP contribution in [0.15, 0.2) is 48.5 Å². The van der Waals surface area contributed by atoms with Gasteiger partial charge in [0.25, 0.3) is 0 Å². The fourth-order valence-corrected chi connectivity index (χ4v) is 3.71. The minimum Gasteiger partial charge on any atom is -0.497 e. The van der Waals surface area contributed by atoms with Gasteiger partial charge in [0.1, 0.15) is 5.75 Å². The smallest absolute Gasteiger partial charge is 0.232 e. The molecule has 0 aliphatic heterocycles. The Kier molecular flexibility index (Phi) is 7.24. The molecule has 1 amide bonds. The van der Waals surface area contributed by atoms with Crippen molar-refractivity contribution in [2.75, 3.05) is 24.2 Å². The van der Waals surface area contributed by atoms with Crippen LogP contribution in [0.4, 0.5) is 5.69 Å². The van der Waals surface area contributed by atoms with Crippen molar-refractivity contribution in [3.8, 4) is 5.75 Å². The Bertz CT molecular complexity index is 864. The summed E-state index contributed by atoms with van der Waals surface area (Å²) in [7, 11) is -1.88. The fraction of sp³-hybridized carbons (Fsp3) is 0.350. The molecule has 0 saturated carbocycles. The van der Waals surface area contributed by atoms with Crippen molar-refractivity contribution < 1.29 is 17.9 Å². The minimum absolute atomic E-state index is 0.0846. The molecule has 27 heavy (non-hydrogen) atoms. The minimum atomic E-state index is -3.48. The number of sulfonamides is 1. The Morgan fingerprint density at radius 2 is 1.78 bits per heavy atom. The van der Waals surface area contributed by atoms with Gasteiger partial charge < -0.3 is 10.1 Å². The van der Waals surface area contributed by atoms with Gasteiger partial charge in [0.2, 0.25) is 15.9 Å². The van der Waals surface area contributed by atoms with Crippen molar-refractivity contribution in [3.05, 3.63) is 59.7 Å². The summed E-state index contributed by atoms with van der Waals surface area (Å²) in [6.07, 6.45) is 1.96. The summed E-state index contributed by atoms with van der Waals surface area (Å²) < 4.78 is 30.9. The number of rotatable bonds is 9. The van der Waals surface area contributed by atoms with Gasteiger partial charge in [0.05, 0.1) is 19.1 Å². The van der Waals surface area contributed by atoms with E-state index in [-0.39, 0.29) is 18.9 Å². The van der Waals surface area contributed by atoms with Crippen molar-refractivity contribution >= 4 is 21.6 Å².